The van der Waals surface area contributed by atoms with E-state index in [4.69, 9.17) is 4.98 Å². The number of thiazole rings is 1. The third-order valence-corrected chi connectivity index (χ3v) is 4.88. The van der Waals surface area contributed by atoms with Gasteiger partial charge in [0.15, 0.2) is 4.96 Å². The molecule has 4 aromatic rings. The van der Waals surface area contributed by atoms with E-state index < -0.39 is 5.54 Å². The lowest BCUT2D eigenvalue weighted by atomic mass is 10.1. The minimum absolute atomic E-state index is 0.0527. The highest BCUT2D eigenvalue weighted by Crippen LogP contribution is 2.33. The summed E-state index contributed by atoms with van der Waals surface area (Å²) >= 11 is 1.52. The maximum absolute atomic E-state index is 13.3. The Kier molecular flexibility index (Phi) is 4.37. The summed E-state index contributed by atoms with van der Waals surface area (Å²) in [7, 11) is 0. The maximum Gasteiger partial charge on any atom is 0.223 e. The molecule has 3 heterocycles. The normalized spacial score (nSPS) is 11.9. The topological polar surface area (TPSA) is 75.3 Å². The summed E-state index contributed by atoms with van der Waals surface area (Å²) in [6, 6.07) is 8.07. The molecule has 0 amide bonds. The lowest BCUT2D eigenvalue weighted by Gasteiger charge is -2.23. The number of halogens is 1. The smallest absolute Gasteiger partial charge is 0.223 e. The summed E-state index contributed by atoms with van der Waals surface area (Å²) in [5.41, 5.74) is 2.49. The van der Waals surface area contributed by atoms with Gasteiger partial charge in [-0.1, -0.05) is 0 Å². The number of imidazole rings is 1. The number of hydrogen-bond donors (Lipinski definition) is 2. The predicted octanol–water partition coefficient (Wildman–Crippen LogP) is 3.84. The first kappa shape index (κ1) is 17.6. The van der Waals surface area contributed by atoms with Gasteiger partial charge in [0.2, 0.25) is 5.95 Å². The van der Waals surface area contributed by atoms with Crippen molar-refractivity contribution in [2.75, 3.05) is 11.9 Å². The minimum Gasteiger partial charge on any atom is -0.394 e. The van der Waals surface area contributed by atoms with Gasteiger partial charge in [-0.25, -0.2) is 19.3 Å². The van der Waals surface area contributed by atoms with Crippen molar-refractivity contribution in [2.45, 2.75) is 19.4 Å². The zero-order valence-electron chi connectivity index (χ0n) is 14.8. The molecule has 1 aromatic carbocycles. The van der Waals surface area contributed by atoms with Crippen LogP contribution in [0.1, 0.15) is 13.8 Å². The first-order valence-corrected chi connectivity index (χ1v) is 9.29. The summed E-state index contributed by atoms with van der Waals surface area (Å²) in [6.07, 6.45) is 3.60. The first-order chi connectivity index (χ1) is 13.0. The average Bonchev–Trinajstić information content (AvgIpc) is 3.23. The van der Waals surface area contributed by atoms with Gasteiger partial charge >= 0.3 is 0 Å². The van der Waals surface area contributed by atoms with E-state index in [9.17, 15) is 9.50 Å². The quantitative estimate of drug-likeness (QED) is 0.548. The molecule has 0 fully saturated rings. The molecule has 0 bridgehead atoms. The van der Waals surface area contributed by atoms with Gasteiger partial charge in [-0.15, -0.1) is 11.3 Å². The number of rotatable bonds is 5. The Bertz CT molecular complexity index is 1090. The van der Waals surface area contributed by atoms with Crippen LogP contribution in [0.25, 0.3) is 27.6 Å². The summed E-state index contributed by atoms with van der Waals surface area (Å²) in [6.45, 7) is 3.68. The van der Waals surface area contributed by atoms with Crippen molar-refractivity contribution in [3.8, 4) is 22.6 Å². The third-order valence-electron chi connectivity index (χ3n) is 4.12. The minimum atomic E-state index is -0.548. The van der Waals surface area contributed by atoms with Crippen LogP contribution in [0, 0.1) is 5.82 Å². The number of aromatic nitrogens is 4. The fourth-order valence-electron chi connectivity index (χ4n) is 2.73. The highest BCUT2D eigenvalue weighted by Gasteiger charge is 2.21. The van der Waals surface area contributed by atoms with Gasteiger partial charge in [-0.05, 0) is 44.2 Å². The number of benzene rings is 1. The summed E-state index contributed by atoms with van der Waals surface area (Å²) in [4.78, 5) is 14.4. The predicted molar refractivity (Wildman–Crippen MR) is 104 cm³/mol. The van der Waals surface area contributed by atoms with Crippen molar-refractivity contribution in [3.63, 3.8) is 0 Å². The molecule has 8 heteroatoms. The van der Waals surface area contributed by atoms with Crippen molar-refractivity contribution in [1.82, 2.24) is 19.4 Å². The Morgan fingerprint density at radius 3 is 2.70 bits per heavy atom. The van der Waals surface area contributed by atoms with Gasteiger partial charge in [-0.2, -0.15) is 0 Å². The second kappa shape index (κ2) is 6.71. The summed E-state index contributed by atoms with van der Waals surface area (Å²) in [5, 5.41) is 14.6. The van der Waals surface area contributed by atoms with E-state index in [1.54, 1.807) is 18.3 Å². The summed E-state index contributed by atoms with van der Waals surface area (Å²) in [5.74, 6) is 0.128. The van der Waals surface area contributed by atoms with Crippen LogP contribution in [0.5, 0.6) is 0 Å². The Labute approximate surface area is 159 Å². The molecule has 0 aliphatic carbocycles. The van der Waals surface area contributed by atoms with E-state index in [0.29, 0.717) is 11.6 Å². The van der Waals surface area contributed by atoms with E-state index in [2.05, 4.69) is 15.3 Å². The Morgan fingerprint density at radius 2 is 1.96 bits per heavy atom. The van der Waals surface area contributed by atoms with Gasteiger partial charge in [0.1, 0.15) is 11.5 Å². The molecule has 27 heavy (non-hydrogen) atoms. The van der Waals surface area contributed by atoms with Gasteiger partial charge in [-0.3, -0.25) is 4.40 Å². The van der Waals surface area contributed by atoms with Gasteiger partial charge in [0.25, 0.3) is 0 Å². The maximum atomic E-state index is 13.3. The number of aliphatic hydroxyl groups excluding tert-OH is 1. The number of nitrogens with zero attached hydrogens (tertiary/aromatic N) is 4. The van der Waals surface area contributed by atoms with Crippen molar-refractivity contribution >= 4 is 22.2 Å². The zero-order chi connectivity index (χ0) is 19.0. The number of fused-ring (bicyclic) bond motifs is 1. The molecular weight excluding hydrogens is 365 g/mol. The first-order valence-electron chi connectivity index (χ1n) is 8.41. The second-order valence-corrected chi connectivity index (χ2v) is 7.68. The van der Waals surface area contributed by atoms with Gasteiger partial charge < -0.3 is 10.4 Å². The molecule has 0 unspecified atom stereocenters. The molecule has 0 aliphatic heterocycles. The molecular formula is C19H18FN5OS. The molecule has 4 rings (SSSR count). The Hall–Kier alpha value is -2.84. The molecule has 2 N–H and O–H groups in total. The number of aliphatic hydroxyl groups is 1. The SMILES string of the molecule is CC(C)(CO)Nc1nccc(-c2c(-c3ccc(F)cc3)nc3sccn23)n1. The van der Waals surface area contributed by atoms with E-state index in [1.807, 2.05) is 35.9 Å². The fourth-order valence-corrected chi connectivity index (χ4v) is 3.45. The second-order valence-electron chi connectivity index (χ2n) is 6.80. The zero-order valence-corrected chi connectivity index (χ0v) is 15.7. The highest BCUT2D eigenvalue weighted by atomic mass is 32.1. The molecule has 0 radical (unpaired) electrons. The molecule has 6 nitrogen and oxygen atoms in total. The van der Waals surface area contributed by atoms with Crippen LogP contribution in [0.3, 0.4) is 0 Å². The average molecular weight is 383 g/mol. The molecule has 0 spiro atoms. The molecule has 3 aromatic heterocycles. The van der Waals surface area contributed by atoms with Crippen LogP contribution < -0.4 is 5.32 Å². The lowest BCUT2D eigenvalue weighted by molar-refractivity contribution is 0.233. The number of anilines is 1. The van der Waals surface area contributed by atoms with Crippen LogP contribution in [0.2, 0.25) is 0 Å². The van der Waals surface area contributed by atoms with Gasteiger partial charge in [0.05, 0.1) is 23.5 Å². The molecule has 138 valence electrons. The number of nitrogens with one attached hydrogen (secondary N) is 1. The fraction of sp³-hybridized carbons (Fsp3) is 0.211. The van der Waals surface area contributed by atoms with Crippen molar-refractivity contribution in [2.24, 2.45) is 0 Å². The van der Waals surface area contributed by atoms with Crippen LogP contribution in [0.4, 0.5) is 10.3 Å². The van der Waals surface area contributed by atoms with Crippen molar-refractivity contribution < 1.29 is 9.50 Å². The van der Waals surface area contributed by atoms with Crippen LogP contribution in [-0.4, -0.2) is 36.6 Å². The Morgan fingerprint density at radius 1 is 1.19 bits per heavy atom. The molecule has 0 atom stereocenters. The summed E-state index contributed by atoms with van der Waals surface area (Å²) < 4.78 is 15.3. The van der Waals surface area contributed by atoms with E-state index in [0.717, 1.165) is 21.9 Å². The largest absolute Gasteiger partial charge is 0.394 e. The van der Waals surface area contributed by atoms with Crippen molar-refractivity contribution in [3.05, 3.63) is 53.9 Å². The third kappa shape index (κ3) is 3.41. The van der Waals surface area contributed by atoms with Crippen LogP contribution in [-0.2, 0) is 0 Å². The van der Waals surface area contributed by atoms with Gasteiger partial charge in [0, 0.05) is 23.3 Å². The van der Waals surface area contributed by atoms with E-state index in [1.165, 1.54) is 23.5 Å². The molecule has 0 aliphatic rings. The molecule has 0 saturated heterocycles. The van der Waals surface area contributed by atoms with Crippen LogP contribution >= 0.6 is 11.3 Å². The standard InChI is InChI=1S/C19H18FN5OS/c1-19(2,11-26)24-17-21-8-7-14(22-17)16-15(12-3-5-13(20)6-4-12)23-18-25(16)9-10-27-18/h3-10,26H,11H2,1-2H3,(H,21,22,24). The highest BCUT2D eigenvalue weighted by molar-refractivity contribution is 7.15. The number of hydrogen-bond acceptors (Lipinski definition) is 6. The monoisotopic (exact) mass is 383 g/mol. The van der Waals surface area contributed by atoms with Crippen molar-refractivity contribution in [1.29, 1.82) is 0 Å². The Balaban J connectivity index is 1.85. The van der Waals surface area contributed by atoms with E-state index in [-0.39, 0.29) is 12.4 Å². The van der Waals surface area contributed by atoms with Crippen LogP contribution in [0.15, 0.2) is 48.1 Å². The lowest BCUT2D eigenvalue weighted by Crippen LogP contribution is -2.35. The van der Waals surface area contributed by atoms with E-state index >= 15 is 0 Å². The molecule has 0 saturated carbocycles.